The van der Waals surface area contributed by atoms with Gasteiger partial charge in [-0.2, -0.15) is 0 Å². The fourth-order valence-corrected chi connectivity index (χ4v) is 1.27. The molecule has 4 nitrogen and oxygen atoms in total. The van der Waals surface area contributed by atoms with Crippen molar-refractivity contribution >= 4 is 6.03 Å². The Morgan fingerprint density at radius 1 is 1.54 bits per heavy atom. The van der Waals surface area contributed by atoms with E-state index < -0.39 is 0 Å². The Kier molecular flexibility index (Phi) is 3.54. The minimum Gasteiger partial charge on any atom is -0.335 e. The van der Waals surface area contributed by atoms with E-state index in [4.69, 9.17) is 0 Å². The maximum absolute atomic E-state index is 11.2. The molecule has 4 heteroatoms. The lowest BCUT2D eigenvalue weighted by Gasteiger charge is -2.18. The van der Waals surface area contributed by atoms with Crippen molar-refractivity contribution in [1.82, 2.24) is 15.5 Å². The van der Waals surface area contributed by atoms with Gasteiger partial charge in [-0.1, -0.05) is 0 Å². The summed E-state index contributed by atoms with van der Waals surface area (Å²) in [6.07, 6.45) is 2.27. The van der Waals surface area contributed by atoms with Gasteiger partial charge in [0.1, 0.15) is 0 Å². The number of rotatable bonds is 4. The average molecular weight is 185 g/mol. The highest BCUT2D eigenvalue weighted by atomic mass is 16.2. The summed E-state index contributed by atoms with van der Waals surface area (Å²) in [4.78, 5) is 13.3. The zero-order chi connectivity index (χ0) is 9.84. The van der Waals surface area contributed by atoms with Crippen LogP contribution < -0.4 is 10.6 Å². The Bertz CT molecular complexity index is 178. The SMILES string of the molecule is CC(CN(C)C)NC(=O)NC1CC1. The first-order chi connectivity index (χ1) is 6.08. The van der Waals surface area contributed by atoms with Crippen molar-refractivity contribution in [1.29, 1.82) is 0 Å². The third-order valence-electron chi connectivity index (χ3n) is 1.93. The number of nitrogens with zero attached hydrogens (tertiary/aromatic N) is 1. The maximum Gasteiger partial charge on any atom is 0.315 e. The van der Waals surface area contributed by atoms with Crippen molar-refractivity contribution in [2.24, 2.45) is 0 Å². The van der Waals surface area contributed by atoms with Gasteiger partial charge in [0.15, 0.2) is 0 Å². The van der Waals surface area contributed by atoms with Gasteiger partial charge in [-0.05, 0) is 33.9 Å². The molecule has 1 unspecified atom stereocenters. The highest BCUT2D eigenvalue weighted by molar-refractivity contribution is 5.74. The van der Waals surface area contributed by atoms with Crippen molar-refractivity contribution < 1.29 is 4.79 Å². The summed E-state index contributed by atoms with van der Waals surface area (Å²) in [6, 6.07) is 0.608. The van der Waals surface area contributed by atoms with Gasteiger partial charge in [0.2, 0.25) is 0 Å². The second-order valence-corrected chi connectivity index (χ2v) is 4.06. The van der Waals surface area contributed by atoms with Gasteiger partial charge in [-0.3, -0.25) is 0 Å². The number of likely N-dealkylation sites (N-methyl/N-ethyl adjacent to an activating group) is 1. The first-order valence-electron chi connectivity index (χ1n) is 4.79. The van der Waals surface area contributed by atoms with E-state index >= 15 is 0 Å². The zero-order valence-electron chi connectivity index (χ0n) is 8.63. The fourth-order valence-electron chi connectivity index (χ4n) is 1.27. The fraction of sp³-hybridized carbons (Fsp3) is 0.889. The molecular weight excluding hydrogens is 166 g/mol. The van der Waals surface area contributed by atoms with Crippen LogP contribution in [0, 0.1) is 0 Å². The summed E-state index contributed by atoms with van der Waals surface area (Å²) in [7, 11) is 3.99. The lowest BCUT2D eigenvalue weighted by Crippen LogP contribution is -2.45. The summed E-state index contributed by atoms with van der Waals surface area (Å²) in [5, 5.41) is 5.78. The summed E-state index contributed by atoms with van der Waals surface area (Å²) < 4.78 is 0. The molecule has 1 aliphatic rings. The van der Waals surface area contributed by atoms with Gasteiger partial charge in [-0.15, -0.1) is 0 Å². The van der Waals surface area contributed by atoms with Crippen molar-refractivity contribution in [3.8, 4) is 0 Å². The predicted octanol–water partition coefficient (Wildman–Crippen LogP) is 0.398. The van der Waals surface area contributed by atoms with Crippen LogP contribution in [-0.2, 0) is 0 Å². The average Bonchev–Trinajstić information content (AvgIpc) is 2.67. The lowest BCUT2D eigenvalue weighted by atomic mass is 10.3. The molecular formula is C9H19N3O. The maximum atomic E-state index is 11.2. The van der Waals surface area contributed by atoms with Crippen LogP contribution >= 0.6 is 0 Å². The molecule has 0 aliphatic heterocycles. The molecule has 1 atom stereocenters. The number of carbonyl (C=O) groups is 1. The van der Waals surface area contributed by atoms with E-state index in [9.17, 15) is 4.79 Å². The van der Waals surface area contributed by atoms with E-state index in [0.717, 1.165) is 19.4 Å². The largest absolute Gasteiger partial charge is 0.335 e. The van der Waals surface area contributed by atoms with Gasteiger partial charge in [0, 0.05) is 18.6 Å². The normalized spacial score (nSPS) is 18.5. The molecule has 1 saturated carbocycles. The third kappa shape index (κ3) is 4.72. The highest BCUT2D eigenvalue weighted by Crippen LogP contribution is 2.18. The smallest absolute Gasteiger partial charge is 0.315 e. The van der Waals surface area contributed by atoms with E-state index in [0.29, 0.717) is 6.04 Å². The standard InChI is InChI=1S/C9H19N3O/c1-7(6-12(2)3)10-9(13)11-8-4-5-8/h7-8H,4-6H2,1-3H3,(H2,10,11,13). The van der Waals surface area contributed by atoms with Crippen LogP contribution in [0.4, 0.5) is 4.79 Å². The molecule has 76 valence electrons. The molecule has 13 heavy (non-hydrogen) atoms. The van der Waals surface area contributed by atoms with Gasteiger partial charge in [-0.25, -0.2) is 4.79 Å². The van der Waals surface area contributed by atoms with Crippen LogP contribution in [0.2, 0.25) is 0 Å². The summed E-state index contributed by atoms with van der Waals surface area (Å²) in [6.45, 7) is 2.88. The molecule has 2 N–H and O–H groups in total. The lowest BCUT2D eigenvalue weighted by molar-refractivity contribution is 0.234. The predicted molar refractivity (Wildman–Crippen MR) is 52.7 cm³/mol. The van der Waals surface area contributed by atoms with Gasteiger partial charge < -0.3 is 15.5 Å². The Balaban J connectivity index is 2.10. The third-order valence-corrected chi connectivity index (χ3v) is 1.93. The Morgan fingerprint density at radius 2 is 2.15 bits per heavy atom. The second kappa shape index (κ2) is 4.46. The number of amides is 2. The first-order valence-corrected chi connectivity index (χ1v) is 4.79. The molecule has 0 radical (unpaired) electrons. The summed E-state index contributed by atoms with van der Waals surface area (Å²) >= 11 is 0. The molecule has 0 spiro atoms. The molecule has 0 saturated heterocycles. The van der Waals surface area contributed by atoms with Gasteiger partial charge >= 0.3 is 6.03 Å². The van der Waals surface area contributed by atoms with E-state index in [1.807, 2.05) is 21.0 Å². The zero-order valence-corrected chi connectivity index (χ0v) is 8.63. The minimum atomic E-state index is -0.0307. The molecule has 0 aromatic rings. The van der Waals surface area contributed by atoms with Crippen LogP contribution in [0.3, 0.4) is 0 Å². The topological polar surface area (TPSA) is 44.4 Å². The summed E-state index contributed by atoms with van der Waals surface area (Å²) in [5.74, 6) is 0. The molecule has 0 aromatic heterocycles. The number of nitrogens with one attached hydrogen (secondary N) is 2. The molecule has 0 bridgehead atoms. The molecule has 0 aromatic carbocycles. The summed E-state index contributed by atoms with van der Waals surface area (Å²) in [5.41, 5.74) is 0. The van der Waals surface area contributed by atoms with E-state index in [-0.39, 0.29) is 12.1 Å². The molecule has 2 amide bonds. The Morgan fingerprint density at radius 3 is 2.62 bits per heavy atom. The number of hydrogen-bond acceptors (Lipinski definition) is 2. The van der Waals surface area contributed by atoms with Crippen molar-refractivity contribution in [2.75, 3.05) is 20.6 Å². The van der Waals surface area contributed by atoms with Crippen LogP contribution in [0.1, 0.15) is 19.8 Å². The monoisotopic (exact) mass is 185 g/mol. The minimum absolute atomic E-state index is 0.0307. The van der Waals surface area contributed by atoms with Crippen LogP contribution in [0.5, 0.6) is 0 Å². The quantitative estimate of drug-likeness (QED) is 0.666. The molecule has 0 heterocycles. The molecule has 1 fully saturated rings. The number of urea groups is 1. The van der Waals surface area contributed by atoms with Gasteiger partial charge in [0.25, 0.3) is 0 Å². The highest BCUT2D eigenvalue weighted by Gasteiger charge is 2.23. The Hall–Kier alpha value is -0.770. The first kappa shape index (κ1) is 10.3. The van der Waals surface area contributed by atoms with Crippen LogP contribution in [0.15, 0.2) is 0 Å². The molecule has 1 aliphatic carbocycles. The van der Waals surface area contributed by atoms with E-state index in [1.54, 1.807) is 0 Å². The van der Waals surface area contributed by atoms with E-state index in [1.165, 1.54) is 0 Å². The molecule has 1 rings (SSSR count). The van der Waals surface area contributed by atoms with E-state index in [2.05, 4.69) is 15.5 Å². The van der Waals surface area contributed by atoms with Crippen molar-refractivity contribution in [3.05, 3.63) is 0 Å². The van der Waals surface area contributed by atoms with Crippen molar-refractivity contribution in [2.45, 2.75) is 31.8 Å². The number of hydrogen-bond donors (Lipinski definition) is 2. The number of carbonyl (C=O) groups excluding carboxylic acids is 1. The second-order valence-electron chi connectivity index (χ2n) is 4.06. The van der Waals surface area contributed by atoms with Crippen LogP contribution in [-0.4, -0.2) is 43.7 Å². The Labute approximate surface area is 79.7 Å². The van der Waals surface area contributed by atoms with Crippen LogP contribution in [0.25, 0.3) is 0 Å². The van der Waals surface area contributed by atoms with Crippen molar-refractivity contribution in [3.63, 3.8) is 0 Å². The van der Waals surface area contributed by atoms with Gasteiger partial charge in [0.05, 0.1) is 0 Å².